The van der Waals surface area contributed by atoms with E-state index in [2.05, 4.69) is 20.7 Å². The van der Waals surface area contributed by atoms with Crippen LogP contribution in [0.25, 0.3) is 0 Å². The van der Waals surface area contributed by atoms with Gasteiger partial charge in [0.1, 0.15) is 5.76 Å². The third kappa shape index (κ3) is 7.61. The van der Waals surface area contributed by atoms with Crippen LogP contribution in [0.5, 0.6) is 5.19 Å². The molecule has 3 heterocycles. The number of nitrogens with zero attached hydrogens (tertiary/aromatic N) is 2. The topological polar surface area (TPSA) is 75.7 Å². The molecule has 1 amide bonds. The van der Waals surface area contributed by atoms with Gasteiger partial charge in [0.2, 0.25) is 5.91 Å². The second-order valence-electron chi connectivity index (χ2n) is 9.94. The highest BCUT2D eigenvalue weighted by atomic mass is 32.1. The summed E-state index contributed by atoms with van der Waals surface area (Å²) in [5.74, 6) is -1.41. The van der Waals surface area contributed by atoms with Crippen LogP contribution >= 0.6 is 11.3 Å². The van der Waals surface area contributed by atoms with Crippen molar-refractivity contribution in [3.05, 3.63) is 22.4 Å². The molecule has 3 aliphatic rings. The molecular weight excluding hydrogens is 462 g/mol. The lowest BCUT2D eigenvalue weighted by Gasteiger charge is -2.30. The third-order valence-corrected chi connectivity index (χ3v) is 7.81. The molecule has 2 aliphatic heterocycles. The predicted molar refractivity (Wildman–Crippen MR) is 127 cm³/mol. The number of carbonyl (C=O) groups is 1. The molecule has 1 aromatic rings. The van der Waals surface area contributed by atoms with Crippen molar-refractivity contribution in [1.29, 1.82) is 0 Å². The van der Waals surface area contributed by atoms with Gasteiger partial charge in [-0.2, -0.15) is 5.48 Å². The van der Waals surface area contributed by atoms with Gasteiger partial charge in [-0.3, -0.25) is 4.79 Å². The summed E-state index contributed by atoms with van der Waals surface area (Å²) in [5.41, 5.74) is 3.84. The number of alkyl halides is 2. The lowest BCUT2D eigenvalue weighted by molar-refractivity contribution is -0.122. The summed E-state index contributed by atoms with van der Waals surface area (Å²) in [6.07, 6.45) is 9.50. The molecule has 0 spiro atoms. The first-order valence-electron chi connectivity index (χ1n) is 12.4. The van der Waals surface area contributed by atoms with Crippen molar-refractivity contribution in [2.24, 2.45) is 5.92 Å². The number of thiazole rings is 1. The minimum Gasteiger partial charge on any atom is -0.464 e. The molecule has 0 radical (unpaired) electrons. The quantitative estimate of drug-likeness (QED) is 0.539. The molecule has 7 nitrogen and oxygen atoms in total. The highest BCUT2D eigenvalue weighted by molar-refractivity contribution is 7.13. The predicted octanol–water partition coefficient (Wildman–Crippen LogP) is 3.84. The second-order valence-corrected chi connectivity index (χ2v) is 11.0. The molecule has 0 aromatic carbocycles. The zero-order chi connectivity index (χ0) is 24.1. The van der Waals surface area contributed by atoms with Crippen molar-refractivity contribution < 1.29 is 23.1 Å². The van der Waals surface area contributed by atoms with E-state index in [4.69, 9.17) is 9.57 Å². The van der Waals surface area contributed by atoms with Gasteiger partial charge in [0, 0.05) is 37.4 Å². The Morgan fingerprint density at radius 3 is 2.79 bits per heavy atom. The number of nitrogens with one attached hydrogen (secondary N) is 2. The number of ether oxygens (including phenoxy) is 1. The van der Waals surface area contributed by atoms with Crippen molar-refractivity contribution in [3.8, 4) is 5.19 Å². The van der Waals surface area contributed by atoms with E-state index in [1.165, 1.54) is 17.8 Å². The summed E-state index contributed by atoms with van der Waals surface area (Å²) < 4.78 is 31.2. The highest BCUT2D eigenvalue weighted by Crippen LogP contribution is 2.31. The van der Waals surface area contributed by atoms with E-state index in [1.807, 2.05) is 13.0 Å². The minimum atomic E-state index is -2.84. The van der Waals surface area contributed by atoms with E-state index in [-0.39, 0.29) is 18.0 Å². The normalized spacial score (nSPS) is 25.8. The Balaban J connectivity index is 1.12. The molecular formula is C24H36F2N4O3S. The molecule has 1 unspecified atom stereocenters. The van der Waals surface area contributed by atoms with Crippen LogP contribution in [0, 0.1) is 5.92 Å². The largest absolute Gasteiger partial charge is 0.464 e. The van der Waals surface area contributed by atoms with E-state index in [1.54, 1.807) is 0 Å². The number of hydrogen-bond acceptors (Lipinski definition) is 7. The standard InChI is InChI=1S/C24H36F2N4O3S/c1-16-13-19(33-29-16)14-22(31)27-18-5-3-17(4-6-18)7-10-30-11-8-20-21(9-12-30)34-23(28-20)32-15-24(2,25)26/h13,16-18,29H,3-12,14-15H2,1-2H3,(H,27,31). The summed E-state index contributed by atoms with van der Waals surface area (Å²) >= 11 is 1.41. The Bertz CT molecular complexity index is 839. The summed E-state index contributed by atoms with van der Waals surface area (Å²) in [6.45, 7) is 5.19. The van der Waals surface area contributed by atoms with Gasteiger partial charge in [0.05, 0.1) is 18.2 Å². The molecule has 1 saturated carbocycles. The summed E-state index contributed by atoms with van der Waals surface area (Å²) in [4.78, 5) is 25.7. The number of rotatable bonds is 9. The molecule has 34 heavy (non-hydrogen) atoms. The average molecular weight is 499 g/mol. The number of fused-ring (bicyclic) bond motifs is 1. The van der Waals surface area contributed by atoms with Gasteiger partial charge < -0.3 is 19.8 Å². The van der Waals surface area contributed by atoms with Crippen LogP contribution in [-0.2, 0) is 22.5 Å². The first-order valence-corrected chi connectivity index (χ1v) is 13.2. The maximum atomic E-state index is 13.0. The van der Waals surface area contributed by atoms with Gasteiger partial charge in [0.15, 0.2) is 6.61 Å². The summed E-state index contributed by atoms with van der Waals surface area (Å²) in [5, 5.41) is 3.53. The fourth-order valence-electron chi connectivity index (χ4n) is 4.87. The van der Waals surface area contributed by atoms with Crippen LogP contribution in [-0.4, -0.2) is 60.0 Å². The van der Waals surface area contributed by atoms with Crippen molar-refractivity contribution >= 4 is 17.2 Å². The zero-order valence-electron chi connectivity index (χ0n) is 20.1. The fraction of sp³-hybridized carbons (Fsp3) is 0.750. The van der Waals surface area contributed by atoms with Gasteiger partial charge in [-0.1, -0.05) is 11.3 Å². The summed E-state index contributed by atoms with van der Waals surface area (Å²) in [7, 11) is 0. The molecule has 190 valence electrons. The van der Waals surface area contributed by atoms with E-state index < -0.39 is 12.5 Å². The Morgan fingerprint density at radius 2 is 2.09 bits per heavy atom. The highest BCUT2D eigenvalue weighted by Gasteiger charge is 2.26. The van der Waals surface area contributed by atoms with Crippen LogP contribution < -0.4 is 15.5 Å². The van der Waals surface area contributed by atoms with Crippen molar-refractivity contribution in [3.63, 3.8) is 0 Å². The lowest BCUT2D eigenvalue weighted by Crippen LogP contribution is -2.38. The number of hydroxylamine groups is 1. The molecule has 1 aliphatic carbocycles. The first-order chi connectivity index (χ1) is 16.2. The van der Waals surface area contributed by atoms with Gasteiger partial charge in [-0.05, 0) is 64.0 Å². The van der Waals surface area contributed by atoms with E-state index in [9.17, 15) is 13.6 Å². The summed E-state index contributed by atoms with van der Waals surface area (Å²) in [6, 6.07) is 0.416. The van der Waals surface area contributed by atoms with Crippen molar-refractivity contribution in [2.45, 2.75) is 83.2 Å². The maximum absolute atomic E-state index is 13.0. The molecule has 0 saturated heterocycles. The van der Waals surface area contributed by atoms with Crippen molar-refractivity contribution in [1.82, 2.24) is 20.7 Å². The van der Waals surface area contributed by atoms with Gasteiger partial charge >= 0.3 is 0 Å². The molecule has 0 bridgehead atoms. The van der Waals surface area contributed by atoms with E-state index in [0.29, 0.717) is 23.3 Å². The van der Waals surface area contributed by atoms with Crippen LogP contribution in [0.1, 0.15) is 62.9 Å². The third-order valence-electron chi connectivity index (χ3n) is 6.74. The molecule has 1 atom stereocenters. The van der Waals surface area contributed by atoms with Crippen LogP contribution in [0.3, 0.4) is 0 Å². The smallest absolute Gasteiger partial charge is 0.278 e. The first kappa shape index (κ1) is 25.3. The number of carbonyl (C=O) groups excluding carboxylic acids is 1. The zero-order valence-corrected chi connectivity index (χ0v) is 20.9. The Hall–Kier alpha value is -1.78. The number of halogens is 2. The molecule has 1 aromatic heterocycles. The SMILES string of the molecule is CC1C=C(CC(=O)NC2CCC(CCN3CCc4nc(OCC(C)(F)F)sc4CC3)CC2)ON1. The van der Waals surface area contributed by atoms with Crippen LogP contribution in [0.4, 0.5) is 8.78 Å². The van der Waals surface area contributed by atoms with Gasteiger partial charge in [-0.25, -0.2) is 13.8 Å². The number of amides is 1. The minimum absolute atomic E-state index is 0.0354. The fourth-order valence-corrected chi connectivity index (χ4v) is 5.81. The Kier molecular flexibility index (Phi) is 8.42. The molecule has 1 fully saturated rings. The lowest BCUT2D eigenvalue weighted by atomic mass is 9.84. The monoisotopic (exact) mass is 498 g/mol. The molecule has 2 N–H and O–H groups in total. The van der Waals surface area contributed by atoms with E-state index in [0.717, 1.165) is 75.7 Å². The number of aromatic nitrogens is 1. The van der Waals surface area contributed by atoms with Crippen LogP contribution in [0.2, 0.25) is 0 Å². The maximum Gasteiger partial charge on any atom is 0.278 e. The molecule has 10 heteroatoms. The molecule has 4 rings (SSSR count). The van der Waals surface area contributed by atoms with Crippen molar-refractivity contribution in [2.75, 3.05) is 26.2 Å². The van der Waals surface area contributed by atoms with Gasteiger partial charge in [0.25, 0.3) is 11.1 Å². The van der Waals surface area contributed by atoms with E-state index >= 15 is 0 Å². The average Bonchev–Trinajstić information content (AvgIpc) is 3.32. The van der Waals surface area contributed by atoms with Crippen LogP contribution in [0.15, 0.2) is 11.8 Å². The van der Waals surface area contributed by atoms with Gasteiger partial charge in [-0.15, -0.1) is 0 Å². The Morgan fingerprint density at radius 1 is 1.32 bits per heavy atom. The second kappa shape index (κ2) is 11.3. The number of hydrogen-bond donors (Lipinski definition) is 2. The Labute approximate surface area is 204 Å².